The molecule has 5 nitrogen and oxygen atoms in total. The van der Waals surface area contributed by atoms with Gasteiger partial charge in [-0.1, -0.05) is 11.6 Å². The summed E-state index contributed by atoms with van der Waals surface area (Å²) >= 11 is 5.89. The Morgan fingerprint density at radius 1 is 1.41 bits per heavy atom. The third-order valence-electron chi connectivity index (χ3n) is 2.30. The molecule has 0 amide bonds. The number of halogens is 1. The number of nitrogens with zero attached hydrogens (tertiary/aromatic N) is 3. The fourth-order valence-electron chi connectivity index (χ4n) is 1.43. The van der Waals surface area contributed by atoms with E-state index in [1.165, 1.54) is 10.7 Å². The van der Waals surface area contributed by atoms with E-state index in [2.05, 4.69) is 10.1 Å². The minimum absolute atomic E-state index is 0.0924. The number of aromatic carboxylic acids is 1. The van der Waals surface area contributed by atoms with Gasteiger partial charge >= 0.3 is 5.97 Å². The second-order valence-corrected chi connectivity index (χ2v) is 4.04. The standard InChI is InChI=1S/C11H10ClN3O2/c1-6-3-4-8(11(16)17)10(13-6)15-5-9(12)7(2)14-15/h3-5H,1-2H3,(H,16,17). The van der Waals surface area contributed by atoms with Crippen molar-refractivity contribution in [2.75, 3.05) is 0 Å². The van der Waals surface area contributed by atoms with Gasteiger partial charge in [-0.2, -0.15) is 5.10 Å². The minimum Gasteiger partial charge on any atom is -0.478 e. The van der Waals surface area contributed by atoms with Crippen LogP contribution in [0.25, 0.3) is 5.82 Å². The molecule has 0 fully saturated rings. The number of aromatic nitrogens is 3. The predicted molar refractivity (Wildman–Crippen MR) is 62.8 cm³/mol. The van der Waals surface area contributed by atoms with Gasteiger partial charge in [-0.15, -0.1) is 0 Å². The first-order valence-corrected chi connectivity index (χ1v) is 5.30. The maximum Gasteiger partial charge on any atom is 0.339 e. The summed E-state index contributed by atoms with van der Waals surface area (Å²) in [5.41, 5.74) is 1.44. The molecule has 6 heteroatoms. The third-order valence-corrected chi connectivity index (χ3v) is 2.67. The molecule has 1 N–H and O–H groups in total. The van der Waals surface area contributed by atoms with Crippen molar-refractivity contribution in [3.05, 3.63) is 40.3 Å². The Bertz CT molecular complexity index is 573. The quantitative estimate of drug-likeness (QED) is 0.889. The summed E-state index contributed by atoms with van der Waals surface area (Å²) in [6.45, 7) is 3.53. The van der Waals surface area contributed by atoms with Gasteiger partial charge in [-0.3, -0.25) is 0 Å². The SMILES string of the molecule is Cc1ccc(C(=O)O)c(-n2cc(Cl)c(C)n2)n1. The maximum absolute atomic E-state index is 11.1. The molecule has 0 atom stereocenters. The Labute approximate surface area is 103 Å². The molecule has 88 valence electrons. The monoisotopic (exact) mass is 251 g/mol. The molecular formula is C11H10ClN3O2. The van der Waals surface area contributed by atoms with Gasteiger partial charge < -0.3 is 5.11 Å². The van der Waals surface area contributed by atoms with Gasteiger partial charge in [0.1, 0.15) is 5.56 Å². The topological polar surface area (TPSA) is 68.0 Å². The van der Waals surface area contributed by atoms with Gasteiger partial charge in [0.25, 0.3) is 0 Å². The zero-order chi connectivity index (χ0) is 12.6. The molecule has 0 aliphatic rings. The first-order valence-electron chi connectivity index (χ1n) is 4.92. The molecular weight excluding hydrogens is 242 g/mol. The van der Waals surface area contributed by atoms with Crippen LogP contribution in [0, 0.1) is 13.8 Å². The summed E-state index contributed by atoms with van der Waals surface area (Å²) < 4.78 is 1.38. The van der Waals surface area contributed by atoms with Crippen molar-refractivity contribution in [2.45, 2.75) is 13.8 Å². The van der Waals surface area contributed by atoms with Crippen molar-refractivity contribution in [2.24, 2.45) is 0 Å². The first kappa shape index (κ1) is 11.6. The Morgan fingerprint density at radius 3 is 2.65 bits per heavy atom. The van der Waals surface area contributed by atoms with Crippen LogP contribution in [0.5, 0.6) is 0 Å². The van der Waals surface area contributed by atoms with Crippen molar-refractivity contribution in [1.82, 2.24) is 14.8 Å². The normalized spacial score (nSPS) is 10.5. The van der Waals surface area contributed by atoms with Crippen molar-refractivity contribution in [3.8, 4) is 5.82 Å². The number of hydrogen-bond acceptors (Lipinski definition) is 3. The zero-order valence-electron chi connectivity index (χ0n) is 9.31. The van der Waals surface area contributed by atoms with Crippen LogP contribution in [0.3, 0.4) is 0 Å². The second kappa shape index (κ2) is 4.18. The van der Waals surface area contributed by atoms with Crippen LogP contribution >= 0.6 is 11.6 Å². The second-order valence-electron chi connectivity index (χ2n) is 3.64. The van der Waals surface area contributed by atoms with E-state index >= 15 is 0 Å². The highest BCUT2D eigenvalue weighted by Crippen LogP contribution is 2.18. The van der Waals surface area contributed by atoms with E-state index in [1.807, 2.05) is 0 Å². The van der Waals surface area contributed by atoms with Gasteiger partial charge in [0, 0.05) is 5.69 Å². The Kier molecular flexibility index (Phi) is 2.85. The molecule has 0 radical (unpaired) electrons. The lowest BCUT2D eigenvalue weighted by molar-refractivity contribution is 0.0696. The highest BCUT2D eigenvalue weighted by molar-refractivity contribution is 6.31. The third kappa shape index (κ3) is 2.14. The number of carbonyl (C=O) groups is 1. The van der Waals surface area contributed by atoms with E-state index < -0.39 is 5.97 Å². The van der Waals surface area contributed by atoms with Crippen molar-refractivity contribution < 1.29 is 9.90 Å². The molecule has 2 heterocycles. The number of carboxylic acid groups (broad SMARTS) is 1. The molecule has 0 saturated heterocycles. The van der Waals surface area contributed by atoms with Crippen LogP contribution in [0.4, 0.5) is 0 Å². The van der Waals surface area contributed by atoms with Crippen LogP contribution in [-0.4, -0.2) is 25.8 Å². The average molecular weight is 252 g/mol. The van der Waals surface area contributed by atoms with Gasteiger partial charge in [0.15, 0.2) is 5.82 Å². The summed E-state index contributed by atoms with van der Waals surface area (Å²) in [7, 11) is 0. The molecule has 0 unspecified atom stereocenters. The molecule has 17 heavy (non-hydrogen) atoms. The zero-order valence-corrected chi connectivity index (χ0v) is 10.1. The lowest BCUT2D eigenvalue weighted by Crippen LogP contribution is -2.09. The van der Waals surface area contributed by atoms with E-state index in [4.69, 9.17) is 16.7 Å². The number of pyridine rings is 1. The molecule has 0 bridgehead atoms. The van der Waals surface area contributed by atoms with Gasteiger partial charge in [-0.05, 0) is 26.0 Å². The van der Waals surface area contributed by atoms with E-state index in [0.717, 1.165) is 0 Å². The lowest BCUT2D eigenvalue weighted by Gasteiger charge is -2.05. The first-order chi connectivity index (χ1) is 7.99. The Hall–Kier alpha value is -1.88. The van der Waals surface area contributed by atoms with Crippen LogP contribution in [0.2, 0.25) is 5.02 Å². The highest BCUT2D eigenvalue weighted by atomic mass is 35.5. The van der Waals surface area contributed by atoms with Crippen molar-refractivity contribution in [3.63, 3.8) is 0 Å². The molecule has 0 saturated carbocycles. The number of aryl methyl sites for hydroxylation is 2. The molecule has 0 aliphatic carbocycles. The number of carboxylic acids is 1. The fourth-order valence-corrected chi connectivity index (χ4v) is 1.56. The largest absolute Gasteiger partial charge is 0.478 e. The van der Waals surface area contributed by atoms with Crippen LogP contribution in [0.15, 0.2) is 18.3 Å². The molecule has 0 spiro atoms. The minimum atomic E-state index is -1.04. The van der Waals surface area contributed by atoms with Gasteiger partial charge in [0.05, 0.1) is 16.9 Å². The highest BCUT2D eigenvalue weighted by Gasteiger charge is 2.15. The Balaban J connectivity index is 2.64. The van der Waals surface area contributed by atoms with Crippen LogP contribution < -0.4 is 0 Å². The van der Waals surface area contributed by atoms with E-state index in [-0.39, 0.29) is 11.4 Å². The van der Waals surface area contributed by atoms with E-state index in [0.29, 0.717) is 16.4 Å². The summed E-state index contributed by atoms with van der Waals surface area (Å²) in [6.07, 6.45) is 1.55. The van der Waals surface area contributed by atoms with Crippen LogP contribution in [-0.2, 0) is 0 Å². The lowest BCUT2D eigenvalue weighted by atomic mass is 10.2. The summed E-state index contributed by atoms with van der Waals surface area (Å²) in [5, 5.41) is 13.7. The molecule has 0 aromatic carbocycles. The fraction of sp³-hybridized carbons (Fsp3) is 0.182. The Morgan fingerprint density at radius 2 is 2.12 bits per heavy atom. The van der Waals surface area contributed by atoms with Crippen LogP contribution in [0.1, 0.15) is 21.7 Å². The summed E-state index contributed by atoms with van der Waals surface area (Å²) in [4.78, 5) is 15.3. The molecule has 2 aromatic heterocycles. The molecule has 2 aromatic rings. The summed E-state index contributed by atoms with van der Waals surface area (Å²) in [5.74, 6) is -0.774. The predicted octanol–water partition coefficient (Wildman–Crippen LogP) is 2.24. The molecule has 2 rings (SSSR count). The molecule has 0 aliphatic heterocycles. The van der Waals surface area contributed by atoms with E-state index in [9.17, 15) is 4.79 Å². The summed E-state index contributed by atoms with van der Waals surface area (Å²) in [6, 6.07) is 3.15. The average Bonchev–Trinajstić information content (AvgIpc) is 2.58. The number of hydrogen-bond donors (Lipinski definition) is 1. The van der Waals surface area contributed by atoms with Gasteiger partial charge in [-0.25, -0.2) is 14.5 Å². The number of rotatable bonds is 2. The van der Waals surface area contributed by atoms with Gasteiger partial charge in [0.2, 0.25) is 0 Å². The van der Waals surface area contributed by atoms with Crippen molar-refractivity contribution >= 4 is 17.6 Å². The van der Waals surface area contributed by atoms with Crippen molar-refractivity contribution in [1.29, 1.82) is 0 Å². The smallest absolute Gasteiger partial charge is 0.339 e. The maximum atomic E-state index is 11.1. The van der Waals surface area contributed by atoms with E-state index in [1.54, 1.807) is 26.1 Å².